The first-order chi connectivity index (χ1) is 18.9. The molecule has 9 heteroatoms. The van der Waals surface area contributed by atoms with Gasteiger partial charge in [-0.1, -0.05) is 36.4 Å². The molecule has 1 aromatic heterocycles. The lowest BCUT2D eigenvalue weighted by Gasteiger charge is -2.17. The van der Waals surface area contributed by atoms with E-state index in [9.17, 15) is 18.4 Å². The number of hydrogen-bond donors (Lipinski definition) is 2. The summed E-state index contributed by atoms with van der Waals surface area (Å²) in [7, 11) is 0. The predicted octanol–water partition coefficient (Wildman–Crippen LogP) is 7.81. The topological polar surface area (TPSA) is 71.1 Å². The van der Waals surface area contributed by atoms with Crippen molar-refractivity contribution in [2.45, 2.75) is 10.1 Å². The third-order valence-corrected chi connectivity index (χ3v) is 7.67. The molecule has 0 aliphatic heterocycles. The summed E-state index contributed by atoms with van der Waals surface area (Å²) < 4.78 is 26.5. The van der Waals surface area contributed by atoms with E-state index in [1.165, 1.54) is 59.5 Å². The number of halogens is 2. The van der Waals surface area contributed by atoms with Crippen LogP contribution in [0, 0.1) is 11.6 Å². The van der Waals surface area contributed by atoms with Crippen LogP contribution in [0.1, 0.15) is 21.2 Å². The second-order valence-electron chi connectivity index (χ2n) is 8.43. The fourth-order valence-electron chi connectivity index (χ4n) is 3.74. The maximum atomic E-state index is 13.5. The highest BCUT2D eigenvalue weighted by atomic mass is 32.2. The van der Waals surface area contributed by atoms with E-state index >= 15 is 0 Å². The first-order valence-electron chi connectivity index (χ1n) is 11.9. The van der Waals surface area contributed by atoms with Gasteiger partial charge in [-0.3, -0.25) is 9.59 Å². The number of carbonyl (C=O) groups excluding carboxylic acids is 2. The van der Waals surface area contributed by atoms with Gasteiger partial charge in [0.2, 0.25) is 5.91 Å². The van der Waals surface area contributed by atoms with Gasteiger partial charge in [0.05, 0.1) is 5.69 Å². The average molecular weight is 558 g/mol. The summed E-state index contributed by atoms with van der Waals surface area (Å²) in [4.78, 5) is 31.3. The lowest BCUT2D eigenvalue weighted by molar-refractivity contribution is -0.115. The molecule has 1 atom stereocenters. The number of anilines is 2. The molecule has 0 bridgehead atoms. The molecule has 0 saturated carbocycles. The maximum Gasteiger partial charge on any atom is 0.255 e. The van der Waals surface area contributed by atoms with Crippen LogP contribution in [0.3, 0.4) is 0 Å². The van der Waals surface area contributed by atoms with Crippen LogP contribution in [-0.4, -0.2) is 16.8 Å². The minimum absolute atomic E-state index is 0.257. The second kappa shape index (κ2) is 12.0. The Kier molecular flexibility index (Phi) is 8.10. The van der Waals surface area contributed by atoms with Gasteiger partial charge in [0.1, 0.15) is 16.9 Å². The van der Waals surface area contributed by atoms with E-state index in [1.54, 1.807) is 35.7 Å². The number of thiazole rings is 1. The summed E-state index contributed by atoms with van der Waals surface area (Å²) in [5.74, 6) is -1.37. The number of benzene rings is 4. The summed E-state index contributed by atoms with van der Waals surface area (Å²) >= 11 is 2.62. The standard InChI is InChI=1S/C30H21F2N3O2S2/c31-22-13-9-19(10-14-22)26-18-38-30(34-26)35-29(37)27(20-5-2-1-3-6-20)39-25-8-4-7-24(17-25)33-28(36)21-11-15-23(32)16-12-21/h1-18,27H,(H,33,36)(H,34,35,37). The van der Waals surface area contributed by atoms with Crippen molar-refractivity contribution in [2.75, 3.05) is 10.6 Å². The van der Waals surface area contributed by atoms with Crippen molar-refractivity contribution in [2.24, 2.45) is 0 Å². The fraction of sp³-hybridized carbons (Fsp3) is 0.0333. The zero-order valence-corrected chi connectivity index (χ0v) is 21.9. The highest BCUT2D eigenvalue weighted by molar-refractivity contribution is 8.00. The minimum atomic E-state index is -0.604. The largest absolute Gasteiger partial charge is 0.322 e. The molecule has 2 N–H and O–H groups in total. The lowest BCUT2D eigenvalue weighted by Crippen LogP contribution is -2.19. The molecule has 0 radical (unpaired) electrons. The van der Waals surface area contributed by atoms with Crippen molar-refractivity contribution in [1.29, 1.82) is 0 Å². The van der Waals surface area contributed by atoms with Gasteiger partial charge < -0.3 is 10.6 Å². The maximum absolute atomic E-state index is 13.5. The number of thioether (sulfide) groups is 1. The van der Waals surface area contributed by atoms with Crippen molar-refractivity contribution < 1.29 is 18.4 Å². The van der Waals surface area contributed by atoms with Gasteiger partial charge >= 0.3 is 0 Å². The Hall–Kier alpha value is -4.34. The third kappa shape index (κ3) is 6.76. The number of hydrogen-bond acceptors (Lipinski definition) is 5. The molecule has 1 heterocycles. The van der Waals surface area contributed by atoms with Gasteiger partial charge in [0.15, 0.2) is 5.13 Å². The van der Waals surface area contributed by atoms with Gasteiger partial charge in [-0.2, -0.15) is 0 Å². The lowest BCUT2D eigenvalue weighted by atomic mass is 10.1. The summed E-state index contributed by atoms with van der Waals surface area (Å²) in [5.41, 5.74) is 3.08. The van der Waals surface area contributed by atoms with E-state index in [-0.39, 0.29) is 17.6 Å². The molecule has 0 aliphatic rings. The molecule has 194 valence electrons. The zero-order chi connectivity index (χ0) is 27.2. The molecule has 2 amide bonds. The third-order valence-electron chi connectivity index (χ3n) is 5.67. The molecule has 39 heavy (non-hydrogen) atoms. The summed E-state index contributed by atoms with van der Waals surface area (Å²) in [5, 5.41) is 7.36. The van der Waals surface area contributed by atoms with Gasteiger partial charge in [-0.05, 0) is 72.3 Å². The normalized spacial score (nSPS) is 11.5. The van der Waals surface area contributed by atoms with Crippen LogP contribution in [0.5, 0.6) is 0 Å². The van der Waals surface area contributed by atoms with Crippen LogP contribution >= 0.6 is 23.1 Å². The molecule has 5 rings (SSSR count). The van der Waals surface area contributed by atoms with E-state index in [4.69, 9.17) is 0 Å². The Morgan fingerprint density at radius 2 is 1.49 bits per heavy atom. The summed E-state index contributed by atoms with van der Waals surface area (Å²) in [6, 6.07) is 27.9. The number of aromatic nitrogens is 1. The van der Waals surface area contributed by atoms with Crippen LogP contribution in [0.25, 0.3) is 11.3 Å². The Morgan fingerprint density at radius 1 is 0.795 bits per heavy atom. The van der Waals surface area contributed by atoms with Crippen LogP contribution in [-0.2, 0) is 4.79 Å². The van der Waals surface area contributed by atoms with Crippen molar-refractivity contribution in [3.8, 4) is 11.3 Å². The van der Waals surface area contributed by atoms with Crippen LogP contribution in [0.15, 0.2) is 113 Å². The Labute approximate surface area is 231 Å². The van der Waals surface area contributed by atoms with Crippen LogP contribution in [0.2, 0.25) is 0 Å². The van der Waals surface area contributed by atoms with E-state index in [2.05, 4.69) is 15.6 Å². The first-order valence-corrected chi connectivity index (χ1v) is 13.6. The van der Waals surface area contributed by atoms with Crippen molar-refractivity contribution in [3.05, 3.63) is 131 Å². The van der Waals surface area contributed by atoms with E-state index in [0.29, 0.717) is 22.1 Å². The minimum Gasteiger partial charge on any atom is -0.322 e. The molecular weight excluding hydrogens is 536 g/mol. The Morgan fingerprint density at radius 3 is 2.21 bits per heavy atom. The Bertz CT molecular complexity index is 1590. The SMILES string of the molecule is O=C(Nc1cccc(SC(C(=O)Nc2nc(-c3ccc(F)cc3)cs2)c2ccccc2)c1)c1ccc(F)cc1. The number of rotatable bonds is 8. The van der Waals surface area contributed by atoms with Gasteiger partial charge in [0, 0.05) is 27.1 Å². The van der Waals surface area contributed by atoms with E-state index in [0.717, 1.165) is 16.0 Å². The van der Waals surface area contributed by atoms with Gasteiger partial charge in [-0.25, -0.2) is 13.8 Å². The number of nitrogens with one attached hydrogen (secondary N) is 2. The average Bonchev–Trinajstić information content (AvgIpc) is 3.41. The van der Waals surface area contributed by atoms with E-state index in [1.807, 2.05) is 36.4 Å². The molecule has 0 saturated heterocycles. The molecule has 0 spiro atoms. The Balaban J connectivity index is 1.33. The molecule has 5 nitrogen and oxygen atoms in total. The number of nitrogens with zero attached hydrogens (tertiary/aromatic N) is 1. The van der Waals surface area contributed by atoms with Gasteiger partial charge in [0.25, 0.3) is 5.91 Å². The summed E-state index contributed by atoms with van der Waals surface area (Å²) in [6.45, 7) is 0. The quantitative estimate of drug-likeness (QED) is 0.191. The molecular formula is C30H21F2N3O2S2. The first kappa shape index (κ1) is 26.3. The van der Waals surface area contributed by atoms with Crippen LogP contribution in [0.4, 0.5) is 19.6 Å². The highest BCUT2D eigenvalue weighted by Gasteiger charge is 2.23. The monoisotopic (exact) mass is 557 g/mol. The van der Waals surface area contributed by atoms with E-state index < -0.39 is 11.1 Å². The van der Waals surface area contributed by atoms with Crippen LogP contribution < -0.4 is 10.6 Å². The van der Waals surface area contributed by atoms with Crippen molar-refractivity contribution >= 4 is 45.7 Å². The molecule has 0 aliphatic carbocycles. The van der Waals surface area contributed by atoms with Crippen molar-refractivity contribution in [3.63, 3.8) is 0 Å². The summed E-state index contributed by atoms with van der Waals surface area (Å²) in [6.07, 6.45) is 0. The second-order valence-corrected chi connectivity index (χ2v) is 10.5. The molecule has 1 unspecified atom stereocenters. The number of carbonyl (C=O) groups is 2. The molecule has 0 fully saturated rings. The fourth-order valence-corrected chi connectivity index (χ4v) is 5.55. The highest BCUT2D eigenvalue weighted by Crippen LogP contribution is 2.37. The molecule has 4 aromatic carbocycles. The molecule has 5 aromatic rings. The number of amides is 2. The van der Waals surface area contributed by atoms with Crippen molar-refractivity contribution in [1.82, 2.24) is 4.98 Å². The van der Waals surface area contributed by atoms with Gasteiger partial charge in [-0.15, -0.1) is 23.1 Å². The predicted molar refractivity (Wildman–Crippen MR) is 152 cm³/mol. The smallest absolute Gasteiger partial charge is 0.255 e. The zero-order valence-electron chi connectivity index (χ0n) is 20.3.